The van der Waals surface area contributed by atoms with Gasteiger partial charge in [-0.2, -0.15) is 0 Å². The average Bonchev–Trinajstić information content (AvgIpc) is 2.45. The highest BCUT2D eigenvalue weighted by molar-refractivity contribution is 5.48. The SMILES string of the molecule is CC(C)CCCOc1cncc(N2CCNCC2)c1. The maximum Gasteiger partial charge on any atom is 0.139 e. The van der Waals surface area contributed by atoms with Crippen molar-refractivity contribution < 1.29 is 4.74 Å². The van der Waals surface area contributed by atoms with Gasteiger partial charge in [-0.25, -0.2) is 0 Å². The summed E-state index contributed by atoms with van der Waals surface area (Å²) in [6.45, 7) is 9.43. The first-order chi connectivity index (χ1) is 9.25. The highest BCUT2D eigenvalue weighted by Crippen LogP contribution is 2.20. The van der Waals surface area contributed by atoms with Crippen molar-refractivity contribution in [2.75, 3.05) is 37.7 Å². The fourth-order valence-corrected chi connectivity index (χ4v) is 2.26. The lowest BCUT2D eigenvalue weighted by Crippen LogP contribution is -2.43. The van der Waals surface area contributed by atoms with E-state index in [0.29, 0.717) is 0 Å². The minimum absolute atomic E-state index is 0.744. The normalized spacial score (nSPS) is 15.8. The summed E-state index contributed by atoms with van der Waals surface area (Å²) in [7, 11) is 0. The summed E-state index contributed by atoms with van der Waals surface area (Å²) < 4.78 is 5.78. The van der Waals surface area contributed by atoms with Gasteiger partial charge in [0.05, 0.1) is 24.7 Å². The van der Waals surface area contributed by atoms with Crippen LogP contribution in [0.5, 0.6) is 5.75 Å². The predicted octanol–water partition coefficient (Wildman–Crippen LogP) is 2.31. The molecule has 0 unspecified atom stereocenters. The lowest BCUT2D eigenvalue weighted by molar-refractivity contribution is 0.296. The van der Waals surface area contributed by atoms with Gasteiger partial charge in [-0.05, 0) is 18.8 Å². The van der Waals surface area contributed by atoms with Gasteiger partial charge in [0.15, 0.2) is 0 Å². The minimum atomic E-state index is 0.744. The molecule has 1 saturated heterocycles. The third-order valence-electron chi connectivity index (χ3n) is 3.38. The first-order valence-corrected chi connectivity index (χ1v) is 7.29. The molecule has 2 rings (SSSR count). The number of aromatic nitrogens is 1. The first-order valence-electron chi connectivity index (χ1n) is 7.29. The van der Waals surface area contributed by atoms with Crippen LogP contribution < -0.4 is 15.0 Å². The van der Waals surface area contributed by atoms with Gasteiger partial charge in [0.25, 0.3) is 0 Å². The summed E-state index contributed by atoms with van der Waals surface area (Å²) in [4.78, 5) is 6.64. The van der Waals surface area contributed by atoms with E-state index in [1.54, 1.807) is 6.20 Å². The van der Waals surface area contributed by atoms with E-state index < -0.39 is 0 Å². The summed E-state index contributed by atoms with van der Waals surface area (Å²) in [6, 6.07) is 2.10. The second kappa shape index (κ2) is 7.34. The Morgan fingerprint density at radius 2 is 2.11 bits per heavy atom. The molecule has 0 radical (unpaired) electrons. The largest absolute Gasteiger partial charge is 0.492 e. The molecule has 106 valence electrons. The predicted molar refractivity (Wildman–Crippen MR) is 78.9 cm³/mol. The molecule has 0 aliphatic carbocycles. The van der Waals surface area contributed by atoms with E-state index in [4.69, 9.17) is 4.74 Å². The summed E-state index contributed by atoms with van der Waals surface area (Å²) in [5, 5.41) is 3.36. The van der Waals surface area contributed by atoms with Crippen molar-refractivity contribution in [2.45, 2.75) is 26.7 Å². The van der Waals surface area contributed by atoms with E-state index in [1.807, 2.05) is 6.20 Å². The molecule has 4 nitrogen and oxygen atoms in total. The number of ether oxygens (including phenoxy) is 1. The summed E-state index contributed by atoms with van der Waals surface area (Å²) >= 11 is 0. The van der Waals surface area contributed by atoms with E-state index in [-0.39, 0.29) is 0 Å². The number of piperazine rings is 1. The topological polar surface area (TPSA) is 37.4 Å². The van der Waals surface area contributed by atoms with Gasteiger partial charge in [-0.1, -0.05) is 13.8 Å². The Kier molecular flexibility index (Phi) is 5.45. The molecule has 0 atom stereocenters. The quantitative estimate of drug-likeness (QED) is 0.799. The summed E-state index contributed by atoms with van der Waals surface area (Å²) in [5.41, 5.74) is 1.17. The van der Waals surface area contributed by atoms with Gasteiger partial charge in [0.1, 0.15) is 5.75 Å². The fourth-order valence-electron chi connectivity index (χ4n) is 2.26. The Hall–Kier alpha value is -1.29. The number of nitrogens with one attached hydrogen (secondary N) is 1. The molecule has 19 heavy (non-hydrogen) atoms. The van der Waals surface area contributed by atoms with Crippen LogP contribution >= 0.6 is 0 Å². The maximum absolute atomic E-state index is 5.78. The molecular weight excluding hydrogens is 238 g/mol. The van der Waals surface area contributed by atoms with Gasteiger partial charge in [-0.15, -0.1) is 0 Å². The molecule has 1 aromatic rings. The molecule has 1 aliphatic rings. The Balaban J connectivity index is 1.84. The van der Waals surface area contributed by atoms with Crippen molar-refractivity contribution in [2.24, 2.45) is 5.92 Å². The second-order valence-electron chi connectivity index (χ2n) is 5.50. The van der Waals surface area contributed by atoms with E-state index in [0.717, 1.165) is 50.9 Å². The molecule has 0 saturated carbocycles. The smallest absolute Gasteiger partial charge is 0.139 e. The van der Waals surface area contributed by atoms with Gasteiger partial charge in [-0.3, -0.25) is 4.98 Å². The van der Waals surface area contributed by atoms with E-state index in [9.17, 15) is 0 Å². The lowest BCUT2D eigenvalue weighted by Gasteiger charge is -2.29. The van der Waals surface area contributed by atoms with Crippen molar-refractivity contribution in [3.8, 4) is 5.75 Å². The third-order valence-corrected chi connectivity index (χ3v) is 3.38. The van der Waals surface area contributed by atoms with Crippen LogP contribution in [-0.2, 0) is 0 Å². The highest BCUT2D eigenvalue weighted by Gasteiger charge is 2.11. The van der Waals surface area contributed by atoms with Crippen LogP contribution in [0.4, 0.5) is 5.69 Å². The zero-order valence-electron chi connectivity index (χ0n) is 12.1. The Labute approximate surface area is 116 Å². The fraction of sp³-hybridized carbons (Fsp3) is 0.667. The zero-order valence-corrected chi connectivity index (χ0v) is 12.1. The summed E-state index contributed by atoms with van der Waals surface area (Å²) in [6.07, 6.45) is 6.05. The number of nitrogens with zero attached hydrogens (tertiary/aromatic N) is 2. The van der Waals surface area contributed by atoms with Crippen LogP contribution in [0.15, 0.2) is 18.5 Å². The maximum atomic E-state index is 5.78. The van der Waals surface area contributed by atoms with E-state index >= 15 is 0 Å². The van der Waals surface area contributed by atoms with Crippen LogP contribution in [0, 0.1) is 5.92 Å². The molecule has 2 heterocycles. The van der Waals surface area contributed by atoms with E-state index in [1.165, 1.54) is 12.1 Å². The molecule has 1 aromatic heterocycles. The molecule has 0 amide bonds. The third kappa shape index (κ3) is 4.71. The lowest BCUT2D eigenvalue weighted by atomic mass is 10.1. The van der Waals surface area contributed by atoms with Crippen LogP contribution in [-0.4, -0.2) is 37.8 Å². The number of pyridine rings is 1. The summed E-state index contributed by atoms with van der Waals surface area (Å²) in [5.74, 6) is 1.63. The van der Waals surface area contributed by atoms with Crippen LogP contribution in [0.25, 0.3) is 0 Å². The standard InChI is InChI=1S/C15H25N3O/c1-13(2)4-3-9-19-15-10-14(11-17-12-15)18-7-5-16-6-8-18/h10-13,16H,3-9H2,1-2H3. The second-order valence-corrected chi connectivity index (χ2v) is 5.50. The molecule has 0 spiro atoms. The molecular formula is C15H25N3O. The van der Waals surface area contributed by atoms with Gasteiger partial charge in [0, 0.05) is 32.2 Å². The average molecular weight is 263 g/mol. The van der Waals surface area contributed by atoms with Gasteiger partial charge >= 0.3 is 0 Å². The number of rotatable bonds is 6. The Morgan fingerprint density at radius 3 is 2.84 bits per heavy atom. The molecule has 1 fully saturated rings. The van der Waals surface area contributed by atoms with Crippen LogP contribution in [0.3, 0.4) is 0 Å². The zero-order chi connectivity index (χ0) is 13.5. The van der Waals surface area contributed by atoms with Crippen LogP contribution in [0.2, 0.25) is 0 Å². The highest BCUT2D eigenvalue weighted by atomic mass is 16.5. The monoisotopic (exact) mass is 263 g/mol. The molecule has 4 heteroatoms. The molecule has 0 bridgehead atoms. The van der Waals surface area contributed by atoms with Crippen molar-refractivity contribution >= 4 is 5.69 Å². The van der Waals surface area contributed by atoms with Crippen molar-refractivity contribution in [1.82, 2.24) is 10.3 Å². The molecule has 1 aliphatic heterocycles. The first kappa shape index (κ1) is 14.1. The van der Waals surface area contributed by atoms with Gasteiger partial charge < -0.3 is 15.0 Å². The minimum Gasteiger partial charge on any atom is -0.492 e. The van der Waals surface area contributed by atoms with Gasteiger partial charge in [0.2, 0.25) is 0 Å². The van der Waals surface area contributed by atoms with Crippen LogP contribution in [0.1, 0.15) is 26.7 Å². The molecule has 0 aromatic carbocycles. The van der Waals surface area contributed by atoms with Crippen molar-refractivity contribution in [1.29, 1.82) is 0 Å². The Bertz CT molecular complexity index is 375. The van der Waals surface area contributed by atoms with Crippen molar-refractivity contribution in [3.05, 3.63) is 18.5 Å². The van der Waals surface area contributed by atoms with E-state index in [2.05, 4.69) is 35.1 Å². The number of anilines is 1. The number of hydrogen-bond donors (Lipinski definition) is 1. The Morgan fingerprint density at radius 1 is 1.32 bits per heavy atom. The molecule has 1 N–H and O–H groups in total. The number of hydrogen-bond acceptors (Lipinski definition) is 4. The van der Waals surface area contributed by atoms with Crippen molar-refractivity contribution in [3.63, 3.8) is 0 Å².